The van der Waals surface area contributed by atoms with E-state index in [4.69, 9.17) is 4.74 Å². The number of nitrogens with one attached hydrogen (secondary N) is 2. The number of benzene rings is 1. The van der Waals surface area contributed by atoms with E-state index in [9.17, 15) is 14.7 Å². The molecule has 0 radical (unpaired) electrons. The second-order valence-electron chi connectivity index (χ2n) is 11.3. The smallest absolute Gasteiger partial charge is 0.408 e. The predicted octanol–water partition coefficient (Wildman–Crippen LogP) is 6.18. The summed E-state index contributed by atoms with van der Waals surface area (Å²) in [5, 5.41) is 15.8. The van der Waals surface area contributed by atoms with Crippen LogP contribution < -0.4 is 10.6 Å². The van der Waals surface area contributed by atoms with Gasteiger partial charge < -0.3 is 20.5 Å². The molecule has 0 spiro atoms. The maximum absolute atomic E-state index is 11.9. The molecule has 1 aromatic carbocycles. The Morgan fingerprint density at radius 3 is 1.74 bits per heavy atom. The number of hydrogen-bond donors (Lipinski definition) is 3. The number of ether oxygens (including phenoxy) is 1. The van der Waals surface area contributed by atoms with Crippen molar-refractivity contribution in [2.45, 2.75) is 128 Å². The van der Waals surface area contributed by atoms with Gasteiger partial charge in [0.2, 0.25) is 0 Å². The number of carboxylic acid groups (broad SMARTS) is 1. The minimum Gasteiger partial charge on any atom is -0.480 e. The number of rotatable bonds is 6. The van der Waals surface area contributed by atoms with Gasteiger partial charge in [0, 0.05) is 17.5 Å². The molecule has 34 heavy (non-hydrogen) atoms. The molecule has 0 bridgehead atoms. The van der Waals surface area contributed by atoms with Crippen molar-refractivity contribution in [2.75, 3.05) is 0 Å². The lowest BCUT2D eigenvalue weighted by Crippen LogP contribution is -2.53. The van der Waals surface area contributed by atoms with E-state index >= 15 is 0 Å². The molecule has 1 amide bonds. The largest absolute Gasteiger partial charge is 0.480 e. The molecule has 3 rings (SSSR count). The number of carboxylic acids is 1. The first-order chi connectivity index (χ1) is 16.0. The van der Waals surface area contributed by atoms with Crippen LogP contribution in [0.3, 0.4) is 0 Å². The standard InChI is InChI=1S/C16H23NO4.C12H23N/c1-15(2,3)21-14(20)17-12(13(18)19)16(4,5)11-9-7-6-8-10-11;1-3-7-11(8-4-1)13-12-9-5-2-6-10-12/h6-10,12H,1-5H3,(H,17,20)(H,18,19);11-13H,1-10H2. The van der Waals surface area contributed by atoms with Crippen molar-refractivity contribution in [1.82, 2.24) is 10.6 Å². The summed E-state index contributed by atoms with van der Waals surface area (Å²) < 4.78 is 5.14. The molecule has 0 aliphatic heterocycles. The zero-order valence-electron chi connectivity index (χ0n) is 21.9. The van der Waals surface area contributed by atoms with E-state index in [1.807, 2.05) is 30.3 Å². The number of carbonyl (C=O) groups excluding carboxylic acids is 1. The summed E-state index contributed by atoms with van der Waals surface area (Å²) in [4.78, 5) is 23.4. The quantitative estimate of drug-likeness (QED) is 0.458. The molecule has 192 valence electrons. The second kappa shape index (κ2) is 13.1. The molecule has 0 aromatic heterocycles. The SMILES string of the molecule is C1CCC(NC2CCCCC2)CC1.CC(C)(C)OC(=O)NC(C(=O)O)C(C)(C)c1ccccc1. The Morgan fingerprint density at radius 2 is 1.32 bits per heavy atom. The summed E-state index contributed by atoms with van der Waals surface area (Å²) in [6.45, 7) is 8.73. The van der Waals surface area contributed by atoms with E-state index in [0.29, 0.717) is 0 Å². The van der Waals surface area contributed by atoms with E-state index in [-0.39, 0.29) is 0 Å². The van der Waals surface area contributed by atoms with Crippen LogP contribution in [-0.4, -0.2) is 40.9 Å². The van der Waals surface area contributed by atoms with Crippen LogP contribution in [-0.2, 0) is 14.9 Å². The number of alkyl carbamates (subject to hydrolysis) is 1. The molecule has 2 fully saturated rings. The normalized spacial score (nSPS) is 18.9. The summed E-state index contributed by atoms with van der Waals surface area (Å²) in [5.41, 5.74) is -0.623. The minimum atomic E-state index is -1.10. The lowest BCUT2D eigenvalue weighted by Gasteiger charge is -2.33. The molecule has 0 saturated heterocycles. The van der Waals surface area contributed by atoms with Crippen molar-refractivity contribution in [1.29, 1.82) is 0 Å². The fourth-order valence-corrected chi connectivity index (χ4v) is 4.88. The lowest BCUT2D eigenvalue weighted by atomic mass is 9.77. The fourth-order valence-electron chi connectivity index (χ4n) is 4.88. The Hall–Kier alpha value is -2.08. The van der Waals surface area contributed by atoms with E-state index in [2.05, 4.69) is 10.6 Å². The molecule has 0 heterocycles. The molecular weight excluding hydrogens is 428 g/mol. The van der Waals surface area contributed by atoms with E-state index in [1.54, 1.807) is 34.6 Å². The Kier molecular flexibility index (Phi) is 10.9. The van der Waals surface area contributed by atoms with E-state index < -0.39 is 29.1 Å². The average Bonchev–Trinajstić information content (AvgIpc) is 2.78. The molecule has 1 unspecified atom stereocenters. The highest BCUT2D eigenvalue weighted by atomic mass is 16.6. The first-order valence-electron chi connectivity index (χ1n) is 13.0. The van der Waals surface area contributed by atoms with Crippen molar-refractivity contribution in [2.24, 2.45) is 0 Å². The van der Waals surface area contributed by atoms with Gasteiger partial charge in [0.05, 0.1) is 0 Å². The molecule has 1 atom stereocenters. The highest BCUT2D eigenvalue weighted by Crippen LogP contribution is 2.27. The maximum atomic E-state index is 11.9. The zero-order chi connectivity index (χ0) is 25.2. The zero-order valence-corrected chi connectivity index (χ0v) is 21.9. The van der Waals surface area contributed by atoms with Gasteiger partial charge in [-0.1, -0.05) is 82.7 Å². The van der Waals surface area contributed by atoms with Gasteiger partial charge in [0.15, 0.2) is 0 Å². The van der Waals surface area contributed by atoms with Crippen LogP contribution in [0.1, 0.15) is 104 Å². The van der Waals surface area contributed by atoms with Gasteiger partial charge in [-0.15, -0.1) is 0 Å². The van der Waals surface area contributed by atoms with Crippen LogP contribution in [0.4, 0.5) is 4.79 Å². The van der Waals surface area contributed by atoms with Crippen LogP contribution in [0.25, 0.3) is 0 Å². The minimum absolute atomic E-state index is 0.677. The van der Waals surface area contributed by atoms with Crippen LogP contribution in [0.15, 0.2) is 30.3 Å². The summed E-state index contributed by atoms with van der Waals surface area (Å²) in [6, 6.07) is 9.87. The Labute approximate surface area is 206 Å². The average molecular weight is 475 g/mol. The van der Waals surface area contributed by atoms with Crippen molar-refractivity contribution in [3.05, 3.63) is 35.9 Å². The third-order valence-corrected chi connectivity index (χ3v) is 6.83. The highest BCUT2D eigenvalue weighted by Gasteiger charge is 2.38. The lowest BCUT2D eigenvalue weighted by molar-refractivity contribution is -0.141. The molecule has 6 nitrogen and oxygen atoms in total. The Morgan fingerprint density at radius 1 is 0.853 bits per heavy atom. The first-order valence-corrected chi connectivity index (χ1v) is 13.0. The third-order valence-electron chi connectivity index (χ3n) is 6.83. The molecule has 1 aromatic rings. The number of amides is 1. The van der Waals surface area contributed by atoms with Gasteiger partial charge >= 0.3 is 12.1 Å². The van der Waals surface area contributed by atoms with Crippen molar-refractivity contribution in [3.63, 3.8) is 0 Å². The second-order valence-corrected chi connectivity index (χ2v) is 11.3. The first kappa shape index (κ1) is 28.2. The Bertz CT molecular complexity index is 729. The van der Waals surface area contributed by atoms with Crippen LogP contribution in [0, 0.1) is 0 Å². The van der Waals surface area contributed by atoms with Crippen LogP contribution >= 0.6 is 0 Å². The van der Waals surface area contributed by atoms with Crippen molar-refractivity contribution in [3.8, 4) is 0 Å². The highest BCUT2D eigenvalue weighted by molar-refractivity contribution is 5.82. The van der Waals surface area contributed by atoms with Crippen LogP contribution in [0.5, 0.6) is 0 Å². The van der Waals surface area contributed by atoms with Gasteiger partial charge in [-0.25, -0.2) is 9.59 Å². The topological polar surface area (TPSA) is 87.7 Å². The summed E-state index contributed by atoms with van der Waals surface area (Å²) in [6.07, 6.45) is 13.8. The van der Waals surface area contributed by atoms with E-state index in [0.717, 1.165) is 17.6 Å². The molecular formula is C28H46N2O4. The number of hydrogen-bond acceptors (Lipinski definition) is 4. The number of aliphatic carboxylic acids is 1. The third kappa shape index (κ3) is 9.65. The maximum Gasteiger partial charge on any atom is 0.408 e. The molecule has 2 aliphatic rings. The van der Waals surface area contributed by atoms with E-state index in [1.165, 1.54) is 64.2 Å². The molecule has 6 heteroatoms. The monoisotopic (exact) mass is 474 g/mol. The summed E-state index contributed by atoms with van der Waals surface area (Å²) in [5.74, 6) is -1.10. The van der Waals surface area contributed by atoms with Gasteiger partial charge in [-0.05, 0) is 52.0 Å². The summed E-state index contributed by atoms with van der Waals surface area (Å²) >= 11 is 0. The van der Waals surface area contributed by atoms with Gasteiger partial charge in [-0.3, -0.25) is 0 Å². The molecule has 2 saturated carbocycles. The van der Waals surface area contributed by atoms with Crippen LogP contribution in [0.2, 0.25) is 0 Å². The molecule has 2 aliphatic carbocycles. The Balaban J connectivity index is 0.000000266. The molecule has 3 N–H and O–H groups in total. The van der Waals surface area contributed by atoms with Crippen molar-refractivity contribution >= 4 is 12.1 Å². The van der Waals surface area contributed by atoms with Crippen molar-refractivity contribution < 1.29 is 19.4 Å². The van der Waals surface area contributed by atoms with Gasteiger partial charge in [0.25, 0.3) is 0 Å². The number of carbonyl (C=O) groups is 2. The van der Waals surface area contributed by atoms with Gasteiger partial charge in [-0.2, -0.15) is 0 Å². The summed E-state index contributed by atoms with van der Waals surface area (Å²) in [7, 11) is 0. The fraction of sp³-hybridized carbons (Fsp3) is 0.714. The predicted molar refractivity (Wildman–Crippen MR) is 137 cm³/mol. The van der Waals surface area contributed by atoms with Gasteiger partial charge in [0.1, 0.15) is 11.6 Å².